The highest BCUT2D eigenvalue weighted by atomic mass is 35.5. The Balaban J connectivity index is 2.21. The van der Waals surface area contributed by atoms with E-state index in [1.807, 2.05) is 0 Å². The molecule has 21 heavy (non-hydrogen) atoms. The number of hydrogen-bond acceptors (Lipinski definition) is 4. The van der Waals surface area contributed by atoms with Gasteiger partial charge >= 0.3 is 0 Å². The van der Waals surface area contributed by atoms with Crippen LogP contribution >= 0.6 is 34.8 Å². The first kappa shape index (κ1) is 15.7. The summed E-state index contributed by atoms with van der Waals surface area (Å²) < 4.78 is 0. The Morgan fingerprint density at radius 1 is 1.14 bits per heavy atom. The summed E-state index contributed by atoms with van der Waals surface area (Å²) in [4.78, 5) is 10.2. The molecule has 8 heteroatoms. The minimum atomic E-state index is -0.568. The number of rotatable bonds is 4. The van der Waals surface area contributed by atoms with Gasteiger partial charge in [0.1, 0.15) is 10.8 Å². The van der Waals surface area contributed by atoms with Gasteiger partial charge in [0.05, 0.1) is 9.95 Å². The molecule has 0 aromatic heterocycles. The highest BCUT2D eigenvalue weighted by Gasteiger charge is 2.13. The first-order valence-electron chi connectivity index (χ1n) is 5.73. The molecule has 110 valence electrons. The molecule has 0 aliphatic carbocycles. The molecule has 0 heterocycles. The van der Waals surface area contributed by atoms with Gasteiger partial charge in [-0.15, -0.1) is 0 Å². The monoisotopic (exact) mass is 346 g/mol. The van der Waals surface area contributed by atoms with Crippen LogP contribution in [-0.4, -0.2) is 10.0 Å². The van der Waals surface area contributed by atoms with E-state index in [0.717, 1.165) is 0 Å². The first-order valence-corrected chi connectivity index (χ1v) is 6.86. The zero-order valence-corrected chi connectivity index (χ0v) is 12.7. The number of nitro groups is 1. The first-order chi connectivity index (χ1) is 9.88. The van der Waals surface area contributed by atoms with Gasteiger partial charge in [-0.05, 0) is 24.3 Å². The fourth-order valence-electron chi connectivity index (χ4n) is 1.71. The van der Waals surface area contributed by atoms with Gasteiger partial charge < -0.3 is 10.4 Å². The average Bonchev–Trinajstić information content (AvgIpc) is 2.42. The van der Waals surface area contributed by atoms with Crippen molar-refractivity contribution in [3.63, 3.8) is 0 Å². The minimum Gasteiger partial charge on any atom is -0.506 e. The quantitative estimate of drug-likeness (QED) is 0.611. The van der Waals surface area contributed by atoms with E-state index < -0.39 is 4.92 Å². The smallest absolute Gasteiger partial charge is 0.289 e. The molecule has 2 rings (SSSR count). The summed E-state index contributed by atoms with van der Waals surface area (Å²) in [7, 11) is 0. The van der Waals surface area contributed by atoms with E-state index in [4.69, 9.17) is 34.8 Å². The number of nitro benzene ring substituents is 1. The number of benzene rings is 2. The zero-order chi connectivity index (χ0) is 15.6. The largest absolute Gasteiger partial charge is 0.506 e. The predicted octanol–water partition coefficient (Wildman–Crippen LogP) is 4.87. The Morgan fingerprint density at radius 3 is 2.52 bits per heavy atom. The Hall–Kier alpha value is -1.69. The van der Waals surface area contributed by atoms with Gasteiger partial charge in [-0.1, -0.05) is 34.8 Å². The van der Waals surface area contributed by atoms with Gasteiger partial charge in [0.2, 0.25) is 0 Å². The van der Waals surface area contributed by atoms with Crippen molar-refractivity contribution in [2.45, 2.75) is 6.54 Å². The molecule has 0 aliphatic heterocycles. The van der Waals surface area contributed by atoms with Crippen LogP contribution in [0.15, 0.2) is 30.3 Å². The van der Waals surface area contributed by atoms with Crippen molar-refractivity contribution in [3.8, 4) is 5.75 Å². The molecule has 5 nitrogen and oxygen atoms in total. The van der Waals surface area contributed by atoms with Gasteiger partial charge in [0.25, 0.3) is 5.69 Å². The second-order valence-corrected chi connectivity index (χ2v) is 5.42. The van der Waals surface area contributed by atoms with E-state index in [1.54, 1.807) is 12.1 Å². The number of phenols is 1. The number of hydrogen-bond donors (Lipinski definition) is 2. The van der Waals surface area contributed by atoms with Crippen LogP contribution < -0.4 is 5.32 Å². The van der Waals surface area contributed by atoms with E-state index in [-0.39, 0.29) is 28.0 Å². The molecule has 0 amide bonds. The van der Waals surface area contributed by atoms with Crippen LogP contribution in [0, 0.1) is 10.1 Å². The summed E-state index contributed by atoms with van der Waals surface area (Å²) in [5, 5.41) is 24.2. The van der Waals surface area contributed by atoms with Crippen molar-refractivity contribution in [1.29, 1.82) is 0 Å². The van der Waals surface area contributed by atoms with Crippen LogP contribution in [0.25, 0.3) is 0 Å². The lowest BCUT2D eigenvalue weighted by molar-refractivity contribution is -0.384. The van der Waals surface area contributed by atoms with Crippen molar-refractivity contribution < 1.29 is 10.0 Å². The lowest BCUT2D eigenvalue weighted by atomic mass is 10.2. The second-order valence-electron chi connectivity index (χ2n) is 4.17. The Morgan fingerprint density at radius 2 is 1.86 bits per heavy atom. The van der Waals surface area contributed by atoms with Crippen molar-refractivity contribution in [2.75, 3.05) is 5.32 Å². The summed E-state index contributed by atoms with van der Waals surface area (Å²) in [6, 6.07) is 7.31. The van der Waals surface area contributed by atoms with Gasteiger partial charge in [0.15, 0.2) is 0 Å². The Bertz CT molecular complexity index is 707. The van der Waals surface area contributed by atoms with Crippen molar-refractivity contribution in [2.24, 2.45) is 0 Å². The van der Waals surface area contributed by atoms with E-state index in [0.29, 0.717) is 16.3 Å². The molecule has 2 aromatic rings. The third-order valence-electron chi connectivity index (χ3n) is 2.73. The van der Waals surface area contributed by atoms with Gasteiger partial charge in [0, 0.05) is 28.9 Å². The summed E-state index contributed by atoms with van der Waals surface area (Å²) in [6.07, 6.45) is 0. The SMILES string of the molecule is O=[N+]([O-])c1cc(NCc2cc(Cl)cc(Cl)c2O)ccc1Cl. The highest BCUT2D eigenvalue weighted by molar-refractivity contribution is 6.35. The maximum Gasteiger partial charge on any atom is 0.289 e. The molecule has 0 aliphatic rings. The van der Waals surface area contributed by atoms with Gasteiger partial charge in [-0.25, -0.2) is 0 Å². The molecule has 0 atom stereocenters. The summed E-state index contributed by atoms with van der Waals surface area (Å²) in [5.41, 5.74) is 0.765. The topological polar surface area (TPSA) is 75.4 Å². The molecular weight excluding hydrogens is 339 g/mol. The number of halogens is 3. The third-order valence-corrected chi connectivity index (χ3v) is 3.56. The summed E-state index contributed by atoms with van der Waals surface area (Å²) in [5.74, 6) is -0.0861. The van der Waals surface area contributed by atoms with Crippen LogP contribution in [0.2, 0.25) is 15.1 Å². The fourth-order valence-corrected chi connectivity index (χ4v) is 2.44. The normalized spacial score (nSPS) is 10.4. The van der Waals surface area contributed by atoms with Crippen molar-refractivity contribution in [1.82, 2.24) is 0 Å². The Labute approximate surface area is 135 Å². The van der Waals surface area contributed by atoms with Crippen molar-refractivity contribution >= 4 is 46.2 Å². The maximum absolute atomic E-state index is 10.8. The molecule has 0 saturated carbocycles. The van der Waals surface area contributed by atoms with Crippen LogP contribution in [0.1, 0.15) is 5.56 Å². The second kappa shape index (κ2) is 6.39. The average molecular weight is 348 g/mol. The standard InChI is InChI=1S/C13H9Cl3N2O3/c14-8-3-7(13(19)11(16)4-8)6-17-9-1-2-10(15)12(5-9)18(20)21/h1-5,17,19H,6H2. The number of aromatic hydroxyl groups is 1. The number of nitrogens with one attached hydrogen (secondary N) is 1. The van der Waals surface area contributed by atoms with E-state index in [2.05, 4.69) is 5.32 Å². The molecular formula is C13H9Cl3N2O3. The highest BCUT2D eigenvalue weighted by Crippen LogP contribution is 2.32. The molecule has 0 saturated heterocycles. The minimum absolute atomic E-state index is 0.0548. The molecule has 2 aromatic carbocycles. The molecule has 0 fully saturated rings. The van der Waals surface area contributed by atoms with Crippen LogP contribution in [0.3, 0.4) is 0 Å². The Kier molecular flexibility index (Phi) is 4.77. The van der Waals surface area contributed by atoms with Gasteiger partial charge in [-0.3, -0.25) is 10.1 Å². The zero-order valence-electron chi connectivity index (χ0n) is 10.4. The third kappa shape index (κ3) is 3.69. The lowest BCUT2D eigenvalue weighted by Crippen LogP contribution is -2.01. The molecule has 0 spiro atoms. The molecule has 0 radical (unpaired) electrons. The van der Waals surface area contributed by atoms with Crippen molar-refractivity contribution in [3.05, 3.63) is 61.1 Å². The number of phenolic OH excluding ortho intramolecular Hbond substituents is 1. The van der Waals surface area contributed by atoms with Crippen LogP contribution in [-0.2, 0) is 6.54 Å². The maximum atomic E-state index is 10.8. The number of nitrogens with zero attached hydrogens (tertiary/aromatic N) is 1. The predicted molar refractivity (Wildman–Crippen MR) is 83.6 cm³/mol. The summed E-state index contributed by atoms with van der Waals surface area (Å²) in [6.45, 7) is 0.199. The molecule has 0 bridgehead atoms. The van der Waals surface area contributed by atoms with Crippen LogP contribution in [0.5, 0.6) is 5.75 Å². The fraction of sp³-hybridized carbons (Fsp3) is 0.0769. The summed E-state index contributed by atoms with van der Waals surface area (Å²) >= 11 is 17.4. The molecule has 2 N–H and O–H groups in total. The number of anilines is 1. The van der Waals surface area contributed by atoms with E-state index in [9.17, 15) is 15.2 Å². The lowest BCUT2D eigenvalue weighted by Gasteiger charge is -2.10. The van der Waals surface area contributed by atoms with E-state index in [1.165, 1.54) is 18.2 Å². The van der Waals surface area contributed by atoms with Gasteiger partial charge in [-0.2, -0.15) is 0 Å². The van der Waals surface area contributed by atoms with Crippen LogP contribution in [0.4, 0.5) is 11.4 Å². The van der Waals surface area contributed by atoms with E-state index >= 15 is 0 Å². The molecule has 0 unspecified atom stereocenters.